The molecule has 2 N–H and O–H groups in total. The van der Waals surface area contributed by atoms with Gasteiger partial charge in [-0.3, -0.25) is 14.6 Å². The molecule has 0 aliphatic carbocycles. The van der Waals surface area contributed by atoms with Gasteiger partial charge in [0, 0.05) is 11.3 Å². The quantitative estimate of drug-likeness (QED) is 0.435. The number of thiazole rings is 1. The van der Waals surface area contributed by atoms with Crippen LogP contribution in [0.3, 0.4) is 0 Å². The fourth-order valence-electron chi connectivity index (χ4n) is 2.69. The number of benzene rings is 1. The minimum Gasteiger partial charge on any atom is -0.321 e. The molecular formula is C14H6N6O3S. The lowest BCUT2D eigenvalue weighted by Gasteiger charge is -1.94. The van der Waals surface area contributed by atoms with Crippen LogP contribution in [0.2, 0.25) is 0 Å². The van der Waals surface area contributed by atoms with Crippen molar-refractivity contribution in [2.45, 2.75) is 0 Å². The number of carbonyl (C=O) groups is 1. The Labute approximate surface area is 135 Å². The molecule has 9 nitrogen and oxygen atoms in total. The molecule has 0 unspecified atom stereocenters. The number of imidazole rings is 1. The molecule has 0 saturated carbocycles. The second-order valence-electron chi connectivity index (χ2n) is 5.13. The van der Waals surface area contributed by atoms with Crippen molar-refractivity contribution in [3.05, 3.63) is 55.2 Å². The van der Waals surface area contributed by atoms with Crippen molar-refractivity contribution >= 4 is 44.8 Å². The third kappa shape index (κ3) is 1.62. The fourth-order valence-corrected chi connectivity index (χ4v) is 3.70. The van der Waals surface area contributed by atoms with Crippen molar-refractivity contribution in [2.24, 2.45) is 0 Å². The van der Waals surface area contributed by atoms with Gasteiger partial charge in [-0.2, -0.15) is 14.5 Å². The lowest BCUT2D eigenvalue weighted by molar-refractivity contribution is -0.110. The molecule has 1 aliphatic rings. The highest BCUT2D eigenvalue weighted by Crippen LogP contribution is 2.29. The molecule has 3 aromatic heterocycles. The standard InChI is InChI=1S/C14H6N6O3S/c21-11-7(5-3-1-2-4-6(5)15-11)8-12(22)20-14(24-8)18-9-10(19-20)17-13(23)16-9/h1-4H,(H,15,21)(H,17,19,23). The maximum atomic E-state index is 12.7. The maximum absolute atomic E-state index is 12.7. The zero-order valence-electron chi connectivity index (χ0n) is 11.7. The number of carbonyl (C=O) groups excluding carboxylic acids is 1. The molecule has 1 aromatic carbocycles. The Morgan fingerprint density at radius 3 is 2.79 bits per heavy atom. The number of nitrogens with zero attached hydrogens (tertiary/aromatic N) is 4. The van der Waals surface area contributed by atoms with E-state index in [0.717, 1.165) is 15.9 Å². The Bertz CT molecular complexity index is 1350. The lowest BCUT2D eigenvalue weighted by atomic mass is 10.1. The van der Waals surface area contributed by atoms with Crippen LogP contribution in [0.1, 0.15) is 5.56 Å². The summed E-state index contributed by atoms with van der Waals surface area (Å²) in [5, 5.41) is 6.79. The van der Waals surface area contributed by atoms with E-state index in [4.69, 9.17) is 0 Å². The van der Waals surface area contributed by atoms with E-state index in [1.165, 1.54) is 0 Å². The lowest BCUT2D eigenvalue weighted by Crippen LogP contribution is -2.28. The number of para-hydroxylation sites is 1. The van der Waals surface area contributed by atoms with E-state index < -0.39 is 11.2 Å². The normalized spacial score (nSPS) is 15.9. The molecule has 1 aliphatic heterocycles. The number of nitrogens with one attached hydrogen (secondary N) is 2. The summed E-state index contributed by atoms with van der Waals surface area (Å²) in [5.74, 6) is -0.342. The zero-order valence-corrected chi connectivity index (χ0v) is 12.5. The van der Waals surface area contributed by atoms with Crippen molar-refractivity contribution < 1.29 is 4.79 Å². The predicted molar refractivity (Wildman–Crippen MR) is 85.9 cm³/mol. The van der Waals surface area contributed by atoms with Gasteiger partial charge in [0.2, 0.25) is 16.3 Å². The minimum atomic E-state index is -0.575. The fraction of sp³-hybridized carbons (Fsp3) is 0. The van der Waals surface area contributed by atoms with Crippen LogP contribution in [0.25, 0.3) is 21.8 Å². The summed E-state index contributed by atoms with van der Waals surface area (Å²) in [4.78, 5) is 46.7. The van der Waals surface area contributed by atoms with Crippen molar-refractivity contribution in [1.29, 1.82) is 0 Å². The first-order chi connectivity index (χ1) is 11.6. The Morgan fingerprint density at radius 1 is 1.08 bits per heavy atom. The van der Waals surface area contributed by atoms with Crippen LogP contribution in [-0.2, 0) is 4.79 Å². The van der Waals surface area contributed by atoms with Gasteiger partial charge >= 0.3 is 5.69 Å². The zero-order chi connectivity index (χ0) is 16.4. The van der Waals surface area contributed by atoms with Gasteiger partial charge < -0.3 is 5.32 Å². The van der Waals surface area contributed by atoms with E-state index in [-0.39, 0.29) is 26.7 Å². The monoisotopic (exact) mass is 338 g/mol. The van der Waals surface area contributed by atoms with Gasteiger partial charge in [-0.25, -0.2) is 4.79 Å². The van der Waals surface area contributed by atoms with Gasteiger partial charge in [-0.15, -0.1) is 5.10 Å². The Morgan fingerprint density at radius 2 is 1.92 bits per heavy atom. The number of H-pyrrole nitrogens is 1. The number of rotatable bonds is 0. The van der Waals surface area contributed by atoms with Crippen molar-refractivity contribution in [1.82, 2.24) is 24.6 Å². The third-order valence-corrected chi connectivity index (χ3v) is 4.74. The van der Waals surface area contributed by atoms with Gasteiger partial charge in [0.1, 0.15) is 4.53 Å². The van der Waals surface area contributed by atoms with Crippen LogP contribution in [0, 0.1) is 0 Å². The number of aromatic nitrogens is 5. The summed E-state index contributed by atoms with van der Waals surface area (Å²) in [6, 6.07) is 7.14. The van der Waals surface area contributed by atoms with E-state index in [0.29, 0.717) is 16.8 Å². The van der Waals surface area contributed by atoms with Crippen LogP contribution in [-0.4, -0.2) is 30.5 Å². The predicted octanol–water partition coefficient (Wildman–Crippen LogP) is -0.743. The number of anilines is 1. The van der Waals surface area contributed by atoms with Gasteiger partial charge in [-0.05, 0) is 6.07 Å². The van der Waals surface area contributed by atoms with E-state index in [1.54, 1.807) is 24.3 Å². The molecule has 0 saturated heterocycles. The smallest absolute Gasteiger partial charge is 0.321 e. The number of hydrogen-bond acceptors (Lipinski definition) is 7. The van der Waals surface area contributed by atoms with Crippen LogP contribution in [0.15, 0.2) is 33.9 Å². The molecule has 0 fully saturated rings. The number of amides is 1. The van der Waals surface area contributed by atoms with Gasteiger partial charge in [0.15, 0.2) is 0 Å². The Hall–Kier alpha value is -3.40. The third-order valence-electron chi connectivity index (χ3n) is 3.71. The molecule has 4 heterocycles. The summed E-state index contributed by atoms with van der Waals surface area (Å²) in [7, 11) is 0. The summed E-state index contributed by atoms with van der Waals surface area (Å²) in [6.45, 7) is 0. The topological polar surface area (TPSA) is 122 Å². The first kappa shape index (κ1) is 13.1. The Balaban J connectivity index is 1.94. The SMILES string of the molecule is O=C1Nc2ccccc2C1=c1sc2nc3nc(=O)[nH]c3nn2c1=O. The van der Waals surface area contributed by atoms with Crippen LogP contribution >= 0.6 is 11.3 Å². The van der Waals surface area contributed by atoms with E-state index in [2.05, 4.69) is 25.4 Å². The molecule has 0 atom stereocenters. The second kappa shape index (κ2) is 4.32. The molecular weight excluding hydrogens is 332 g/mol. The molecule has 0 radical (unpaired) electrons. The summed E-state index contributed by atoms with van der Waals surface area (Å²) in [5.41, 5.74) is 0.841. The highest BCUT2D eigenvalue weighted by Gasteiger charge is 2.26. The summed E-state index contributed by atoms with van der Waals surface area (Å²) >= 11 is 1.04. The van der Waals surface area contributed by atoms with Crippen molar-refractivity contribution in [2.75, 3.05) is 5.32 Å². The molecule has 116 valence electrons. The molecule has 1 amide bonds. The van der Waals surface area contributed by atoms with Gasteiger partial charge in [-0.1, -0.05) is 29.5 Å². The average molecular weight is 338 g/mol. The highest BCUT2D eigenvalue weighted by atomic mass is 32.1. The Kier molecular flexibility index (Phi) is 2.36. The number of hydrogen-bond donors (Lipinski definition) is 2. The molecule has 24 heavy (non-hydrogen) atoms. The average Bonchev–Trinajstić information content (AvgIpc) is 3.17. The minimum absolute atomic E-state index is 0.125. The van der Waals surface area contributed by atoms with Gasteiger partial charge in [0.25, 0.3) is 11.5 Å². The van der Waals surface area contributed by atoms with Crippen molar-refractivity contribution in [3.8, 4) is 0 Å². The van der Waals surface area contributed by atoms with E-state index in [1.807, 2.05) is 0 Å². The molecule has 10 heteroatoms. The van der Waals surface area contributed by atoms with Crippen LogP contribution < -0.4 is 21.1 Å². The maximum Gasteiger partial charge on any atom is 0.348 e. The largest absolute Gasteiger partial charge is 0.348 e. The first-order valence-corrected chi connectivity index (χ1v) is 7.68. The van der Waals surface area contributed by atoms with Crippen molar-refractivity contribution in [3.63, 3.8) is 0 Å². The molecule has 4 aromatic rings. The number of fused-ring (bicyclic) bond motifs is 3. The van der Waals surface area contributed by atoms with Gasteiger partial charge in [0.05, 0.1) is 5.57 Å². The summed E-state index contributed by atoms with van der Waals surface area (Å²) in [6.07, 6.45) is 0. The van der Waals surface area contributed by atoms with Crippen LogP contribution in [0.5, 0.6) is 0 Å². The summed E-state index contributed by atoms with van der Waals surface area (Å²) < 4.78 is 1.31. The second-order valence-corrected chi connectivity index (χ2v) is 6.11. The molecule has 5 rings (SSSR count). The molecule has 0 bridgehead atoms. The van der Waals surface area contributed by atoms with E-state index >= 15 is 0 Å². The van der Waals surface area contributed by atoms with Crippen LogP contribution in [0.4, 0.5) is 5.69 Å². The highest BCUT2D eigenvalue weighted by molar-refractivity contribution is 7.15. The first-order valence-electron chi connectivity index (χ1n) is 6.86. The van der Waals surface area contributed by atoms with E-state index in [9.17, 15) is 14.4 Å². The number of aromatic amines is 1. The molecule has 0 spiro atoms.